The molecule has 0 aliphatic rings. The van der Waals surface area contributed by atoms with Gasteiger partial charge in [-0.05, 0) is 42.5 Å². The first kappa shape index (κ1) is 18.1. The molecule has 1 nitrogen and oxygen atoms in total. The molecule has 2 N–H and O–H groups in total. The lowest BCUT2D eigenvalue weighted by Gasteiger charge is -2.04. The first-order valence-corrected chi connectivity index (χ1v) is 7.41. The molecule has 0 aromatic heterocycles. The number of rotatable bonds is 6. The van der Waals surface area contributed by atoms with Crippen LogP contribution in [0.4, 0.5) is 4.39 Å². The maximum Gasteiger partial charge on any atom is 0.123 e. The lowest BCUT2D eigenvalue weighted by Crippen LogP contribution is -2.06. The second-order valence-corrected chi connectivity index (χ2v) is 5.86. The van der Waals surface area contributed by atoms with Crippen molar-refractivity contribution in [3.63, 3.8) is 0 Å². The van der Waals surface area contributed by atoms with Gasteiger partial charge < -0.3 is 5.73 Å². The summed E-state index contributed by atoms with van der Waals surface area (Å²) in [6, 6.07) is 7.20. The second-order valence-electron chi connectivity index (χ2n) is 5.86. The Morgan fingerprint density at radius 1 is 0.947 bits per heavy atom. The summed E-state index contributed by atoms with van der Waals surface area (Å²) < 4.78 is 12.6. The molecule has 0 fully saturated rings. The largest absolute Gasteiger partial charge is 0.328 e. The fraction of sp³-hybridized carbons (Fsp3) is 0.647. The quantitative estimate of drug-likeness (QED) is 0.726. The summed E-state index contributed by atoms with van der Waals surface area (Å²) in [5.74, 6) is 0.675. The van der Waals surface area contributed by atoms with Gasteiger partial charge in [0.1, 0.15) is 5.82 Å². The van der Waals surface area contributed by atoms with Crippen molar-refractivity contribution in [1.82, 2.24) is 0 Å². The topological polar surface area (TPSA) is 26.0 Å². The van der Waals surface area contributed by atoms with E-state index in [9.17, 15) is 4.39 Å². The zero-order valence-electron chi connectivity index (χ0n) is 13.0. The summed E-state index contributed by atoms with van der Waals surface area (Å²) in [5, 5.41) is 0. The van der Waals surface area contributed by atoms with Crippen molar-refractivity contribution in [2.75, 3.05) is 0 Å². The molecule has 1 aromatic carbocycles. The number of halogens is 1. The summed E-state index contributed by atoms with van der Waals surface area (Å²) in [6.07, 6.45) is 6.23. The zero-order valence-corrected chi connectivity index (χ0v) is 13.0. The average Bonchev–Trinajstić information content (AvgIpc) is 2.30. The Kier molecular flexibility index (Phi) is 10.5. The minimum absolute atomic E-state index is 0.140. The van der Waals surface area contributed by atoms with E-state index in [0.29, 0.717) is 6.04 Å². The third kappa shape index (κ3) is 13.3. The van der Waals surface area contributed by atoms with Gasteiger partial charge in [0.2, 0.25) is 0 Å². The van der Waals surface area contributed by atoms with Crippen LogP contribution in [0.2, 0.25) is 0 Å². The molecule has 0 heterocycles. The number of nitrogens with two attached hydrogens (primary N) is 1. The average molecular weight is 267 g/mol. The standard InChI is InChI=1S/C14H21F.C3H9N/c1-12(2)6-4-3-5-7-13-8-10-14(15)11-9-13;1-3(2)4/h8-12H,3-7H2,1-2H3;3H,4H2,1-2H3. The molecule has 0 aliphatic heterocycles. The van der Waals surface area contributed by atoms with Gasteiger partial charge in [-0.1, -0.05) is 59.1 Å². The first-order chi connectivity index (χ1) is 8.91. The molecule has 0 atom stereocenters. The van der Waals surface area contributed by atoms with Gasteiger partial charge in [-0.25, -0.2) is 4.39 Å². The summed E-state index contributed by atoms with van der Waals surface area (Å²) in [4.78, 5) is 0. The number of aryl methyl sites for hydroxylation is 1. The van der Waals surface area contributed by atoms with Crippen molar-refractivity contribution < 1.29 is 4.39 Å². The molecule has 0 saturated carbocycles. The first-order valence-electron chi connectivity index (χ1n) is 7.41. The highest BCUT2D eigenvalue weighted by Gasteiger charge is 1.96. The van der Waals surface area contributed by atoms with Crippen molar-refractivity contribution in [1.29, 1.82) is 0 Å². The molecule has 0 saturated heterocycles. The van der Waals surface area contributed by atoms with E-state index >= 15 is 0 Å². The van der Waals surface area contributed by atoms with Crippen LogP contribution in [-0.4, -0.2) is 6.04 Å². The minimum Gasteiger partial charge on any atom is -0.328 e. The van der Waals surface area contributed by atoms with Crippen molar-refractivity contribution in [2.45, 2.75) is 65.8 Å². The predicted molar refractivity (Wildman–Crippen MR) is 82.7 cm³/mol. The van der Waals surface area contributed by atoms with Gasteiger partial charge in [0, 0.05) is 0 Å². The molecule has 0 amide bonds. The molecule has 0 spiro atoms. The minimum atomic E-state index is -0.140. The molecule has 0 aliphatic carbocycles. The second kappa shape index (κ2) is 11.0. The Hall–Kier alpha value is -0.890. The molecular formula is C17H30FN. The number of unbranched alkanes of at least 4 members (excludes halogenated alkanes) is 2. The summed E-state index contributed by atoms with van der Waals surface area (Å²) in [5.41, 5.74) is 6.36. The van der Waals surface area contributed by atoms with Crippen LogP contribution in [-0.2, 0) is 6.42 Å². The number of hydrogen-bond donors (Lipinski definition) is 1. The van der Waals surface area contributed by atoms with E-state index < -0.39 is 0 Å². The Labute approximate surface area is 118 Å². The van der Waals surface area contributed by atoms with Gasteiger partial charge in [0.25, 0.3) is 0 Å². The van der Waals surface area contributed by atoms with Gasteiger partial charge in [0.05, 0.1) is 0 Å². The maximum atomic E-state index is 12.6. The monoisotopic (exact) mass is 267 g/mol. The van der Waals surface area contributed by atoms with E-state index in [1.807, 2.05) is 26.0 Å². The normalized spacial score (nSPS) is 10.5. The van der Waals surface area contributed by atoms with E-state index in [1.54, 1.807) is 12.1 Å². The van der Waals surface area contributed by atoms with E-state index in [2.05, 4.69) is 13.8 Å². The highest BCUT2D eigenvalue weighted by Crippen LogP contribution is 2.11. The smallest absolute Gasteiger partial charge is 0.123 e. The van der Waals surface area contributed by atoms with Crippen LogP contribution in [0.15, 0.2) is 24.3 Å². The molecule has 19 heavy (non-hydrogen) atoms. The molecular weight excluding hydrogens is 237 g/mol. The number of hydrogen-bond acceptors (Lipinski definition) is 1. The fourth-order valence-corrected chi connectivity index (χ4v) is 1.71. The van der Waals surface area contributed by atoms with Crippen LogP contribution < -0.4 is 5.73 Å². The van der Waals surface area contributed by atoms with Gasteiger partial charge in [0.15, 0.2) is 0 Å². The maximum absolute atomic E-state index is 12.6. The van der Waals surface area contributed by atoms with Gasteiger partial charge >= 0.3 is 0 Å². The van der Waals surface area contributed by atoms with E-state index in [4.69, 9.17) is 5.73 Å². The molecule has 110 valence electrons. The zero-order chi connectivity index (χ0) is 14.7. The summed E-state index contributed by atoms with van der Waals surface area (Å²) in [6.45, 7) is 8.42. The van der Waals surface area contributed by atoms with Gasteiger partial charge in [-0.3, -0.25) is 0 Å². The Morgan fingerprint density at radius 3 is 1.95 bits per heavy atom. The molecule has 0 unspecified atom stereocenters. The van der Waals surface area contributed by atoms with Gasteiger partial charge in [-0.15, -0.1) is 0 Å². The SMILES string of the molecule is CC(C)CCCCCc1ccc(F)cc1.CC(C)N. The van der Waals surface area contributed by atoms with E-state index in [0.717, 1.165) is 12.3 Å². The molecule has 1 rings (SSSR count). The molecule has 0 radical (unpaired) electrons. The lowest BCUT2D eigenvalue weighted by molar-refractivity contribution is 0.527. The fourth-order valence-electron chi connectivity index (χ4n) is 1.71. The Morgan fingerprint density at radius 2 is 1.47 bits per heavy atom. The van der Waals surface area contributed by atoms with Crippen LogP contribution in [0.1, 0.15) is 58.9 Å². The van der Waals surface area contributed by atoms with Crippen LogP contribution in [0.25, 0.3) is 0 Å². The number of benzene rings is 1. The van der Waals surface area contributed by atoms with E-state index in [-0.39, 0.29) is 5.82 Å². The van der Waals surface area contributed by atoms with Crippen molar-refractivity contribution >= 4 is 0 Å². The summed E-state index contributed by atoms with van der Waals surface area (Å²) in [7, 11) is 0. The summed E-state index contributed by atoms with van der Waals surface area (Å²) >= 11 is 0. The third-order valence-electron chi connectivity index (χ3n) is 2.66. The van der Waals surface area contributed by atoms with Crippen LogP contribution in [0, 0.1) is 11.7 Å². The van der Waals surface area contributed by atoms with Crippen LogP contribution in [0.5, 0.6) is 0 Å². The van der Waals surface area contributed by atoms with Crippen molar-refractivity contribution in [3.8, 4) is 0 Å². The van der Waals surface area contributed by atoms with E-state index in [1.165, 1.54) is 31.2 Å². The lowest BCUT2D eigenvalue weighted by atomic mass is 10.0. The van der Waals surface area contributed by atoms with Crippen molar-refractivity contribution in [2.24, 2.45) is 11.7 Å². The molecule has 1 aromatic rings. The van der Waals surface area contributed by atoms with Crippen molar-refractivity contribution in [3.05, 3.63) is 35.6 Å². The molecule has 0 bridgehead atoms. The highest BCUT2D eigenvalue weighted by molar-refractivity contribution is 5.15. The third-order valence-corrected chi connectivity index (χ3v) is 2.66. The predicted octanol–water partition coefficient (Wildman–Crippen LogP) is 4.94. The Balaban J connectivity index is 0.000000711. The highest BCUT2D eigenvalue weighted by atomic mass is 19.1. The molecule has 2 heteroatoms. The van der Waals surface area contributed by atoms with Crippen LogP contribution in [0.3, 0.4) is 0 Å². The van der Waals surface area contributed by atoms with Crippen LogP contribution >= 0.6 is 0 Å². The van der Waals surface area contributed by atoms with Gasteiger partial charge in [-0.2, -0.15) is 0 Å². The Bertz CT molecular complexity index is 301.